The lowest BCUT2D eigenvalue weighted by Gasteiger charge is -2.20. The molecule has 162 valence electrons. The van der Waals surface area contributed by atoms with Crippen molar-refractivity contribution in [3.8, 4) is 5.75 Å². The Morgan fingerprint density at radius 3 is 2.52 bits per heavy atom. The summed E-state index contributed by atoms with van der Waals surface area (Å²) in [6.45, 7) is 6.19. The molecule has 1 saturated carbocycles. The zero-order valence-corrected chi connectivity index (χ0v) is 19.0. The highest BCUT2D eigenvalue weighted by Crippen LogP contribution is 2.40. The predicted octanol–water partition coefficient (Wildman–Crippen LogP) is 4.29. The number of anilines is 1. The fourth-order valence-electron chi connectivity index (χ4n) is 3.61. The molecule has 1 aliphatic rings. The summed E-state index contributed by atoms with van der Waals surface area (Å²) in [5.41, 5.74) is 2.46. The summed E-state index contributed by atoms with van der Waals surface area (Å²) in [6, 6.07) is 7.09. The van der Waals surface area contributed by atoms with Gasteiger partial charge in [-0.05, 0) is 63.4 Å². The van der Waals surface area contributed by atoms with Gasteiger partial charge in [0.25, 0.3) is 5.91 Å². The molecule has 0 atom stereocenters. The van der Waals surface area contributed by atoms with Crippen LogP contribution >= 0.6 is 11.3 Å². The topological polar surface area (TPSA) is 84.4 Å². The van der Waals surface area contributed by atoms with E-state index in [4.69, 9.17) is 9.72 Å². The fraction of sp³-hybridized carbons (Fsp3) is 0.391. The third kappa shape index (κ3) is 4.39. The number of likely N-dealkylation sites (N-methyl/N-ethyl adjacent to an activating group) is 1. The van der Waals surface area contributed by atoms with E-state index >= 15 is 0 Å². The molecule has 2 amide bonds. The van der Waals surface area contributed by atoms with Gasteiger partial charge in [0.05, 0.1) is 17.7 Å². The first-order valence-electron chi connectivity index (χ1n) is 10.4. The van der Waals surface area contributed by atoms with Crippen LogP contribution in [0, 0.1) is 13.8 Å². The van der Waals surface area contributed by atoms with Crippen molar-refractivity contribution in [2.45, 2.75) is 39.5 Å². The monoisotopic (exact) mass is 438 g/mol. The van der Waals surface area contributed by atoms with E-state index in [9.17, 15) is 9.59 Å². The third-order valence-corrected chi connectivity index (χ3v) is 6.68. The van der Waals surface area contributed by atoms with Gasteiger partial charge < -0.3 is 15.0 Å². The lowest BCUT2D eigenvalue weighted by molar-refractivity contribution is -0.116. The molecule has 31 heavy (non-hydrogen) atoms. The predicted molar refractivity (Wildman–Crippen MR) is 122 cm³/mol. The summed E-state index contributed by atoms with van der Waals surface area (Å²) in [5, 5.41) is 3.79. The van der Waals surface area contributed by atoms with Crippen LogP contribution in [0.3, 0.4) is 0 Å². The minimum absolute atomic E-state index is 0.0208. The van der Waals surface area contributed by atoms with Gasteiger partial charge in [0.2, 0.25) is 5.91 Å². The van der Waals surface area contributed by atoms with Gasteiger partial charge in [0, 0.05) is 23.5 Å². The molecule has 0 radical (unpaired) electrons. The molecule has 3 aromatic rings. The molecule has 0 aliphatic heterocycles. The summed E-state index contributed by atoms with van der Waals surface area (Å²) < 4.78 is 5.13. The van der Waals surface area contributed by atoms with Crippen molar-refractivity contribution in [1.82, 2.24) is 14.9 Å². The van der Waals surface area contributed by atoms with E-state index in [1.165, 1.54) is 11.3 Å². The molecular formula is C23H26N4O3S. The number of nitrogens with one attached hydrogen (secondary N) is 1. The van der Waals surface area contributed by atoms with E-state index < -0.39 is 0 Å². The Bertz CT molecular complexity index is 1140. The minimum atomic E-state index is -0.244. The lowest BCUT2D eigenvalue weighted by Crippen LogP contribution is -2.37. The molecule has 0 bridgehead atoms. The zero-order chi connectivity index (χ0) is 22.1. The summed E-state index contributed by atoms with van der Waals surface area (Å²) in [7, 11) is 1.59. The van der Waals surface area contributed by atoms with Gasteiger partial charge in [-0.15, -0.1) is 11.3 Å². The van der Waals surface area contributed by atoms with E-state index in [2.05, 4.69) is 10.3 Å². The highest BCUT2D eigenvalue weighted by atomic mass is 32.1. The van der Waals surface area contributed by atoms with Crippen molar-refractivity contribution in [2.75, 3.05) is 25.5 Å². The summed E-state index contributed by atoms with van der Waals surface area (Å²) >= 11 is 1.40. The number of fused-ring (bicyclic) bond motifs is 1. The Kier molecular flexibility index (Phi) is 5.91. The third-order valence-electron chi connectivity index (χ3n) is 5.50. The first-order chi connectivity index (χ1) is 14.9. The Morgan fingerprint density at radius 2 is 1.90 bits per heavy atom. The van der Waals surface area contributed by atoms with Gasteiger partial charge in [0.1, 0.15) is 22.9 Å². The standard InChI is InChI=1S/C23H26N4O3S/c1-5-27(12-18(28)25-16-8-10-17(30-4)11-9-16)23(29)20-13(2)19-14(3)24-21(15-6-7-15)26-22(19)31-20/h8-11,15H,5-7,12H2,1-4H3,(H,25,28). The number of carbonyl (C=O) groups excluding carboxylic acids is 2. The number of benzene rings is 1. The van der Waals surface area contributed by atoms with E-state index in [1.807, 2.05) is 20.8 Å². The van der Waals surface area contributed by atoms with Gasteiger partial charge in [0.15, 0.2) is 0 Å². The van der Waals surface area contributed by atoms with Crippen LogP contribution in [0.15, 0.2) is 24.3 Å². The van der Waals surface area contributed by atoms with E-state index in [0.29, 0.717) is 28.8 Å². The Labute approximate surface area is 185 Å². The Morgan fingerprint density at radius 1 is 1.19 bits per heavy atom. The number of aromatic nitrogens is 2. The second-order valence-electron chi connectivity index (χ2n) is 7.77. The van der Waals surface area contributed by atoms with Crippen LogP contribution < -0.4 is 10.1 Å². The van der Waals surface area contributed by atoms with Crippen LogP contribution in [0.25, 0.3) is 10.2 Å². The smallest absolute Gasteiger partial charge is 0.264 e. The molecule has 1 aromatic carbocycles. The number of methoxy groups -OCH3 is 1. The summed E-state index contributed by atoms with van der Waals surface area (Å²) in [6.07, 6.45) is 2.27. The van der Waals surface area contributed by atoms with Crippen LogP contribution in [0.5, 0.6) is 5.75 Å². The summed E-state index contributed by atoms with van der Waals surface area (Å²) in [5.74, 6) is 1.66. The van der Waals surface area contributed by atoms with Crippen LogP contribution in [-0.2, 0) is 4.79 Å². The van der Waals surface area contributed by atoms with Crippen LogP contribution in [0.2, 0.25) is 0 Å². The number of hydrogen-bond acceptors (Lipinski definition) is 6. The maximum atomic E-state index is 13.3. The van der Waals surface area contributed by atoms with E-state index in [0.717, 1.165) is 40.1 Å². The first kappa shape index (κ1) is 21.2. The molecule has 0 spiro atoms. The van der Waals surface area contributed by atoms with Crippen molar-refractivity contribution in [2.24, 2.45) is 0 Å². The van der Waals surface area contributed by atoms with Crippen molar-refractivity contribution >= 4 is 39.1 Å². The molecular weight excluding hydrogens is 412 g/mol. The molecule has 1 aliphatic carbocycles. The van der Waals surface area contributed by atoms with Gasteiger partial charge in [-0.2, -0.15) is 0 Å². The normalized spacial score (nSPS) is 13.3. The van der Waals surface area contributed by atoms with E-state index in [-0.39, 0.29) is 18.4 Å². The number of nitrogens with zero attached hydrogens (tertiary/aromatic N) is 3. The second kappa shape index (κ2) is 8.63. The lowest BCUT2D eigenvalue weighted by atomic mass is 10.1. The molecule has 8 heteroatoms. The molecule has 4 rings (SSSR count). The Balaban J connectivity index is 1.52. The minimum Gasteiger partial charge on any atom is -0.497 e. The quantitative estimate of drug-likeness (QED) is 0.595. The highest BCUT2D eigenvalue weighted by Gasteiger charge is 2.29. The van der Waals surface area contributed by atoms with Crippen molar-refractivity contribution in [3.05, 3.63) is 46.2 Å². The fourth-order valence-corrected chi connectivity index (χ4v) is 4.81. The highest BCUT2D eigenvalue weighted by molar-refractivity contribution is 7.20. The number of aryl methyl sites for hydroxylation is 2. The van der Waals surface area contributed by atoms with Crippen LogP contribution in [-0.4, -0.2) is 46.9 Å². The molecule has 0 saturated heterocycles. The molecule has 2 heterocycles. The van der Waals surface area contributed by atoms with Crippen molar-refractivity contribution < 1.29 is 14.3 Å². The molecule has 2 aromatic heterocycles. The molecule has 0 unspecified atom stereocenters. The number of amides is 2. The Hall–Kier alpha value is -3.00. The van der Waals surface area contributed by atoms with Gasteiger partial charge in [-0.3, -0.25) is 9.59 Å². The number of thiophene rings is 1. The SMILES string of the molecule is CCN(CC(=O)Nc1ccc(OC)cc1)C(=O)c1sc2nc(C3CC3)nc(C)c2c1C. The second-order valence-corrected chi connectivity index (χ2v) is 8.77. The molecule has 1 N–H and O–H groups in total. The first-order valence-corrected chi connectivity index (χ1v) is 11.2. The van der Waals surface area contributed by atoms with Crippen LogP contribution in [0.4, 0.5) is 5.69 Å². The number of rotatable bonds is 7. The van der Waals surface area contributed by atoms with Gasteiger partial charge in [-0.25, -0.2) is 9.97 Å². The zero-order valence-electron chi connectivity index (χ0n) is 18.2. The van der Waals surface area contributed by atoms with Crippen LogP contribution in [0.1, 0.15) is 52.4 Å². The number of hydrogen-bond donors (Lipinski definition) is 1. The summed E-state index contributed by atoms with van der Waals surface area (Å²) in [4.78, 5) is 38.3. The largest absolute Gasteiger partial charge is 0.497 e. The maximum absolute atomic E-state index is 13.3. The number of carbonyl (C=O) groups is 2. The van der Waals surface area contributed by atoms with Gasteiger partial charge >= 0.3 is 0 Å². The van der Waals surface area contributed by atoms with Crippen molar-refractivity contribution in [1.29, 1.82) is 0 Å². The average molecular weight is 439 g/mol. The number of ether oxygens (including phenoxy) is 1. The van der Waals surface area contributed by atoms with Gasteiger partial charge in [-0.1, -0.05) is 0 Å². The van der Waals surface area contributed by atoms with E-state index in [1.54, 1.807) is 36.3 Å². The average Bonchev–Trinajstić information content (AvgIpc) is 3.55. The maximum Gasteiger partial charge on any atom is 0.264 e. The molecule has 1 fully saturated rings. The van der Waals surface area contributed by atoms with Crippen molar-refractivity contribution in [3.63, 3.8) is 0 Å². The molecule has 7 nitrogen and oxygen atoms in total.